The van der Waals surface area contributed by atoms with Gasteiger partial charge in [-0.25, -0.2) is 0 Å². The number of amides is 4. The van der Waals surface area contributed by atoms with Crippen molar-refractivity contribution in [3.05, 3.63) is 53.1 Å². The smallest absolute Gasteiger partial charge is 0.250 e. The molecule has 4 heterocycles. The van der Waals surface area contributed by atoms with Crippen LogP contribution in [-0.2, 0) is 37.7 Å². The van der Waals surface area contributed by atoms with Gasteiger partial charge in [-0.2, -0.15) is 0 Å². The molecule has 0 bridgehead atoms. The Labute approximate surface area is 200 Å². The van der Waals surface area contributed by atoms with E-state index < -0.39 is 47.0 Å². The van der Waals surface area contributed by atoms with Crippen LogP contribution in [0.1, 0.15) is 30.0 Å². The number of hydrogen-bond donors (Lipinski definition) is 3. The lowest BCUT2D eigenvalue weighted by atomic mass is 9.76. The maximum atomic E-state index is 13.9. The number of likely N-dealkylation sites (tertiary alicyclic amines) is 1. The number of benzene rings is 2. The Balaban J connectivity index is 1.42. The first-order chi connectivity index (χ1) is 16.8. The molecule has 1 spiro atoms. The molecule has 4 N–H and O–H groups in total. The van der Waals surface area contributed by atoms with Gasteiger partial charge in [0.15, 0.2) is 11.5 Å². The molecule has 0 saturated carbocycles. The number of aryl methyl sites for hydroxylation is 1. The van der Waals surface area contributed by atoms with E-state index in [2.05, 4.69) is 10.6 Å². The van der Waals surface area contributed by atoms with Gasteiger partial charge in [0.1, 0.15) is 5.54 Å². The average molecular weight is 476 g/mol. The number of primary amides is 1. The largest absolute Gasteiger partial charge is 0.454 e. The summed E-state index contributed by atoms with van der Waals surface area (Å²) in [5.74, 6) is -2.66. The predicted octanol–water partition coefficient (Wildman–Crippen LogP) is 0.774. The van der Waals surface area contributed by atoms with Gasteiger partial charge in [0.2, 0.25) is 30.4 Å². The average Bonchev–Trinajstić information content (AvgIpc) is 3.55. The van der Waals surface area contributed by atoms with Crippen LogP contribution >= 0.6 is 0 Å². The predicted molar refractivity (Wildman–Crippen MR) is 122 cm³/mol. The maximum absolute atomic E-state index is 13.9. The van der Waals surface area contributed by atoms with Gasteiger partial charge in [-0.15, -0.1) is 0 Å². The van der Waals surface area contributed by atoms with E-state index in [0.29, 0.717) is 34.7 Å². The second-order valence-corrected chi connectivity index (χ2v) is 9.33. The van der Waals surface area contributed by atoms with Crippen LogP contribution in [0.4, 0.5) is 5.69 Å². The molecular weight excluding hydrogens is 452 g/mol. The number of nitrogens with two attached hydrogens (primary N) is 1. The summed E-state index contributed by atoms with van der Waals surface area (Å²) in [6.45, 7) is 2.11. The monoisotopic (exact) mass is 476 g/mol. The van der Waals surface area contributed by atoms with Gasteiger partial charge in [0.25, 0.3) is 0 Å². The van der Waals surface area contributed by atoms with E-state index in [1.165, 1.54) is 4.90 Å². The number of imide groups is 1. The minimum absolute atomic E-state index is 0.0180. The Kier molecular flexibility index (Phi) is 4.65. The number of carbonyl (C=O) groups is 4. The molecule has 0 aromatic heterocycles. The van der Waals surface area contributed by atoms with Crippen molar-refractivity contribution in [2.75, 3.05) is 12.1 Å². The second-order valence-electron chi connectivity index (χ2n) is 9.33. The molecule has 180 valence electrons. The number of para-hydroxylation sites is 1. The Hall–Kier alpha value is -3.92. The first-order valence-corrected chi connectivity index (χ1v) is 11.6. The van der Waals surface area contributed by atoms with Crippen LogP contribution < -0.4 is 25.8 Å². The van der Waals surface area contributed by atoms with Gasteiger partial charge in [-0.05, 0) is 29.7 Å². The Morgan fingerprint density at radius 1 is 1.14 bits per heavy atom. The zero-order valence-electron chi connectivity index (χ0n) is 19.0. The zero-order valence-corrected chi connectivity index (χ0v) is 19.0. The van der Waals surface area contributed by atoms with Crippen molar-refractivity contribution in [1.29, 1.82) is 0 Å². The minimum Gasteiger partial charge on any atom is -0.454 e. The molecule has 4 amide bonds. The van der Waals surface area contributed by atoms with Gasteiger partial charge >= 0.3 is 0 Å². The molecule has 0 radical (unpaired) electrons. The van der Waals surface area contributed by atoms with Crippen LogP contribution in [-0.4, -0.2) is 41.4 Å². The van der Waals surface area contributed by atoms with Crippen molar-refractivity contribution in [1.82, 2.24) is 10.2 Å². The fraction of sp³-hybridized carbons (Fsp3) is 0.360. The lowest BCUT2D eigenvalue weighted by molar-refractivity contribution is -0.143. The van der Waals surface area contributed by atoms with Crippen LogP contribution in [0.25, 0.3) is 0 Å². The fourth-order valence-corrected chi connectivity index (χ4v) is 6.01. The number of ether oxygens (including phenoxy) is 2. The number of anilines is 1. The second kappa shape index (κ2) is 7.54. The minimum atomic E-state index is -1.46. The highest BCUT2D eigenvalue weighted by Gasteiger charge is 2.70. The third-order valence-corrected chi connectivity index (χ3v) is 7.51. The van der Waals surface area contributed by atoms with E-state index >= 15 is 0 Å². The summed E-state index contributed by atoms with van der Waals surface area (Å²) < 4.78 is 10.8. The van der Waals surface area contributed by atoms with E-state index in [4.69, 9.17) is 15.2 Å². The summed E-state index contributed by atoms with van der Waals surface area (Å²) in [6.07, 6.45) is 0.511. The Morgan fingerprint density at radius 2 is 1.94 bits per heavy atom. The van der Waals surface area contributed by atoms with E-state index in [0.717, 1.165) is 5.56 Å². The van der Waals surface area contributed by atoms with Crippen LogP contribution in [0.2, 0.25) is 0 Å². The number of nitrogens with zero attached hydrogens (tertiary/aromatic N) is 1. The summed E-state index contributed by atoms with van der Waals surface area (Å²) in [7, 11) is 0. The summed E-state index contributed by atoms with van der Waals surface area (Å²) in [4.78, 5) is 54.1. The highest BCUT2D eigenvalue weighted by Crippen LogP contribution is 2.54. The Bertz CT molecular complexity index is 1310. The molecule has 4 aliphatic rings. The first kappa shape index (κ1) is 21.6. The lowest BCUT2D eigenvalue weighted by Gasteiger charge is -2.29. The van der Waals surface area contributed by atoms with E-state index in [1.54, 1.807) is 24.3 Å². The number of nitrogens with one attached hydrogen (secondary N) is 2. The van der Waals surface area contributed by atoms with E-state index in [9.17, 15) is 19.2 Å². The lowest BCUT2D eigenvalue weighted by Crippen LogP contribution is -2.53. The molecule has 0 unspecified atom stereocenters. The molecule has 2 fully saturated rings. The summed E-state index contributed by atoms with van der Waals surface area (Å²) in [5.41, 5.74) is 6.93. The number of hydrogen-bond acceptors (Lipinski definition) is 7. The van der Waals surface area contributed by atoms with Gasteiger partial charge in [0, 0.05) is 23.7 Å². The van der Waals surface area contributed by atoms with E-state index in [1.807, 2.05) is 19.1 Å². The molecule has 4 aliphatic heterocycles. The van der Waals surface area contributed by atoms with Crippen LogP contribution in [0, 0.1) is 11.8 Å². The quantitative estimate of drug-likeness (QED) is 0.542. The Morgan fingerprint density at radius 3 is 2.71 bits per heavy atom. The molecule has 10 heteroatoms. The van der Waals surface area contributed by atoms with Gasteiger partial charge in [0.05, 0.1) is 18.4 Å². The highest BCUT2D eigenvalue weighted by molar-refractivity contribution is 6.15. The molecule has 2 aromatic carbocycles. The SMILES string of the molecule is CCc1cccc2c1NC(=O)[C@@]21N[C@@H](CC(N)=O)[C@H]2C(=O)N(Cc3ccc4c(c3)OCO4)C(=O)[C@H]21. The molecule has 0 aliphatic carbocycles. The topological polar surface area (TPSA) is 140 Å². The zero-order chi connectivity index (χ0) is 24.5. The molecule has 2 aromatic rings. The third kappa shape index (κ3) is 2.92. The van der Waals surface area contributed by atoms with Crippen LogP contribution in [0.15, 0.2) is 36.4 Å². The third-order valence-electron chi connectivity index (χ3n) is 7.51. The van der Waals surface area contributed by atoms with Crippen molar-refractivity contribution in [2.24, 2.45) is 17.6 Å². The first-order valence-electron chi connectivity index (χ1n) is 11.6. The van der Waals surface area contributed by atoms with Gasteiger partial charge < -0.3 is 20.5 Å². The number of carbonyl (C=O) groups excluding carboxylic acids is 4. The molecule has 10 nitrogen and oxygen atoms in total. The molecule has 2 saturated heterocycles. The van der Waals surface area contributed by atoms with Gasteiger partial charge in [-0.3, -0.25) is 29.4 Å². The van der Waals surface area contributed by atoms with Crippen molar-refractivity contribution < 1.29 is 28.7 Å². The molecular formula is C25H24N4O6. The maximum Gasteiger partial charge on any atom is 0.250 e. The van der Waals surface area contributed by atoms with Crippen LogP contribution in [0.5, 0.6) is 11.5 Å². The van der Waals surface area contributed by atoms with Crippen LogP contribution in [0.3, 0.4) is 0 Å². The highest BCUT2D eigenvalue weighted by atomic mass is 16.7. The standard InChI is InChI=1S/C25H24N4O6/c1-2-13-4-3-5-14-21(13)27-24(33)25(14)20-19(15(28-25)9-18(26)30)22(31)29(23(20)32)10-12-6-7-16-17(8-12)35-11-34-16/h3-8,15,19-20,28H,2,9-11H2,1H3,(H2,26,30)(H,27,33)/t15-,19+,20-,25+/m0/s1. The van der Waals surface area contributed by atoms with Crippen molar-refractivity contribution in [3.63, 3.8) is 0 Å². The van der Waals surface area contributed by atoms with Crippen molar-refractivity contribution in [3.8, 4) is 11.5 Å². The van der Waals surface area contributed by atoms with Gasteiger partial charge in [-0.1, -0.05) is 31.2 Å². The molecule has 35 heavy (non-hydrogen) atoms. The van der Waals surface area contributed by atoms with Crippen molar-refractivity contribution >= 4 is 29.3 Å². The molecule has 4 atom stereocenters. The number of rotatable bonds is 5. The summed E-state index contributed by atoms with van der Waals surface area (Å²) in [6, 6.07) is 10.0. The fourth-order valence-electron chi connectivity index (χ4n) is 6.01. The summed E-state index contributed by atoms with van der Waals surface area (Å²) in [5, 5.41) is 6.15. The van der Waals surface area contributed by atoms with Crippen molar-refractivity contribution in [2.45, 2.75) is 37.9 Å². The summed E-state index contributed by atoms with van der Waals surface area (Å²) >= 11 is 0. The van der Waals surface area contributed by atoms with E-state index in [-0.39, 0.29) is 19.8 Å². The number of fused-ring (bicyclic) bond motifs is 5. The normalized spacial score (nSPS) is 28.0. The molecule has 6 rings (SSSR count).